The van der Waals surface area contributed by atoms with Crippen molar-refractivity contribution in [3.8, 4) is 11.8 Å². The quantitative estimate of drug-likeness (QED) is 0.769. The van der Waals surface area contributed by atoms with Crippen molar-refractivity contribution in [3.63, 3.8) is 0 Å². The predicted molar refractivity (Wildman–Crippen MR) is 105 cm³/mol. The number of piperidine rings is 1. The Balaban J connectivity index is 1.39. The molecule has 7 heteroatoms. The number of ether oxygens (including phenoxy) is 1. The van der Waals surface area contributed by atoms with E-state index in [1.165, 1.54) is 6.42 Å². The Morgan fingerprint density at radius 1 is 1.07 bits per heavy atom. The Hall–Kier alpha value is -2.59. The van der Waals surface area contributed by atoms with Gasteiger partial charge in [0.2, 0.25) is 5.91 Å². The lowest BCUT2D eigenvalue weighted by Gasteiger charge is -2.38. The molecular formula is C21H28N4O3. The molecule has 1 unspecified atom stereocenters. The Morgan fingerprint density at radius 3 is 2.43 bits per heavy atom. The number of nitriles is 1. The van der Waals surface area contributed by atoms with Crippen molar-refractivity contribution in [1.82, 2.24) is 14.7 Å². The third-order valence-electron chi connectivity index (χ3n) is 5.55. The highest BCUT2D eigenvalue weighted by Gasteiger charge is 2.27. The van der Waals surface area contributed by atoms with Gasteiger partial charge in [-0.2, -0.15) is 5.26 Å². The Morgan fingerprint density at radius 2 is 1.79 bits per heavy atom. The molecule has 0 saturated carbocycles. The first kappa shape index (κ1) is 20.2. The first-order valence-electron chi connectivity index (χ1n) is 9.99. The lowest BCUT2D eigenvalue weighted by Crippen LogP contribution is -2.53. The first-order valence-corrected chi connectivity index (χ1v) is 9.99. The van der Waals surface area contributed by atoms with Gasteiger partial charge >= 0.3 is 0 Å². The van der Waals surface area contributed by atoms with Gasteiger partial charge in [0.25, 0.3) is 5.91 Å². The van der Waals surface area contributed by atoms with E-state index in [0.717, 1.165) is 19.4 Å². The van der Waals surface area contributed by atoms with Gasteiger partial charge in [-0.05, 0) is 50.5 Å². The van der Waals surface area contributed by atoms with Crippen molar-refractivity contribution in [2.75, 3.05) is 45.9 Å². The highest BCUT2D eigenvalue weighted by molar-refractivity contribution is 5.79. The first-order chi connectivity index (χ1) is 13.6. The van der Waals surface area contributed by atoms with Crippen molar-refractivity contribution in [3.05, 3.63) is 29.8 Å². The minimum atomic E-state index is -0.0556. The van der Waals surface area contributed by atoms with Crippen LogP contribution in [0.3, 0.4) is 0 Å². The Labute approximate surface area is 166 Å². The lowest BCUT2D eigenvalue weighted by molar-refractivity contribution is -0.138. The van der Waals surface area contributed by atoms with E-state index in [-0.39, 0.29) is 18.4 Å². The molecule has 2 amide bonds. The number of carbonyl (C=O) groups is 2. The minimum absolute atomic E-state index is 0.0177. The maximum Gasteiger partial charge on any atom is 0.260 e. The van der Waals surface area contributed by atoms with Crippen molar-refractivity contribution in [1.29, 1.82) is 5.26 Å². The number of amides is 2. The normalized spacial score (nSPS) is 20.5. The van der Waals surface area contributed by atoms with Crippen LogP contribution in [-0.2, 0) is 9.59 Å². The van der Waals surface area contributed by atoms with E-state index < -0.39 is 0 Å². The molecule has 2 heterocycles. The summed E-state index contributed by atoms with van der Waals surface area (Å²) in [6, 6.07) is 9.10. The van der Waals surface area contributed by atoms with Gasteiger partial charge in [-0.25, -0.2) is 0 Å². The molecule has 0 radical (unpaired) electrons. The summed E-state index contributed by atoms with van der Waals surface area (Å²) in [6.07, 6.45) is 3.39. The van der Waals surface area contributed by atoms with Gasteiger partial charge in [0, 0.05) is 38.8 Å². The van der Waals surface area contributed by atoms with Gasteiger partial charge in [-0.15, -0.1) is 0 Å². The van der Waals surface area contributed by atoms with Gasteiger partial charge in [0.05, 0.1) is 18.2 Å². The molecule has 1 aromatic carbocycles. The SMILES string of the molecule is CC1CCCCN1C(=O)CN1CCN(C(=O)COc2ccc(C#N)cc2)CC1. The summed E-state index contributed by atoms with van der Waals surface area (Å²) in [7, 11) is 0. The number of benzene rings is 1. The summed E-state index contributed by atoms with van der Waals surface area (Å²) in [6.45, 7) is 6.04. The molecule has 0 aliphatic carbocycles. The maximum absolute atomic E-state index is 12.6. The van der Waals surface area contributed by atoms with Crippen molar-refractivity contribution in [2.45, 2.75) is 32.2 Å². The number of likely N-dealkylation sites (tertiary alicyclic amines) is 1. The van der Waals surface area contributed by atoms with Crippen LogP contribution >= 0.6 is 0 Å². The molecular weight excluding hydrogens is 356 g/mol. The number of rotatable bonds is 5. The standard InChI is InChI=1S/C21H28N4O3/c1-17-4-2-3-9-25(17)20(26)15-23-10-12-24(13-11-23)21(27)16-28-19-7-5-18(14-22)6-8-19/h5-8,17H,2-4,9-13,15-16H2,1H3. The molecule has 0 N–H and O–H groups in total. The molecule has 7 nitrogen and oxygen atoms in total. The van der Waals surface area contributed by atoms with Crippen LogP contribution in [0.2, 0.25) is 0 Å². The largest absolute Gasteiger partial charge is 0.484 e. The number of piperazine rings is 1. The summed E-state index contributed by atoms with van der Waals surface area (Å²) in [5.41, 5.74) is 0.559. The van der Waals surface area contributed by atoms with Crippen LogP contribution in [0.1, 0.15) is 31.7 Å². The average molecular weight is 384 g/mol. The second-order valence-electron chi connectivity index (χ2n) is 7.51. The average Bonchev–Trinajstić information content (AvgIpc) is 2.73. The molecule has 2 saturated heterocycles. The zero-order valence-corrected chi connectivity index (χ0v) is 16.5. The van der Waals surface area contributed by atoms with Crippen LogP contribution in [0.4, 0.5) is 0 Å². The number of carbonyl (C=O) groups excluding carboxylic acids is 2. The fourth-order valence-electron chi connectivity index (χ4n) is 3.77. The van der Waals surface area contributed by atoms with Gasteiger partial charge in [0.15, 0.2) is 6.61 Å². The summed E-state index contributed by atoms with van der Waals surface area (Å²) >= 11 is 0. The van der Waals surface area contributed by atoms with Crippen molar-refractivity contribution >= 4 is 11.8 Å². The second kappa shape index (κ2) is 9.56. The Kier molecular flexibility index (Phi) is 6.88. The van der Waals surface area contributed by atoms with E-state index in [0.29, 0.717) is 50.1 Å². The molecule has 150 valence electrons. The third-order valence-corrected chi connectivity index (χ3v) is 5.55. The van der Waals surface area contributed by atoms with Crippen LogP contribution in [0.5, 0.6) is 5.75 Å². The smallest absolute Gasteiger partial charge is 0.260 e. The zero-order valence-electron chi connectivity index (χ0n) is 16.5. The molecule has 2 aliphatic rings. The van der Waals surface area contributed by atoms with Gasteiger partial charge < -0.3 is 14.5 Å². The monoisotopic (exact) mass is 384 g/mol. The van der Waals surface area contributed by atoms with Crippen LogP contribution in [0.25, 0.3) is 0 Å². The summed E-state index contributed by atoms with van der Waals surface area (Å²) in [4.78, 5) is 30.9. The van der Waals surface area contributed by atoms with E-state index in [1.807, 2.05) is 11.0 Å². The fraction of sp³-hybridized carbons (Fsp3) is 0.571. The lowest BCUT2D eigenvalue weighted by atomic mass is 10.0. The molecule has 0 bridgehead atoms. The van der Waals surface area contributed by atoms with Crippen LogP contribution < -0.4 is 4.74 Å². The highest BCUT2D eigenvalue weighted by Crippen LogP contribution is 2.17. The van der Waals surface area contributed by atoms with Gasteiger partial charge in [0.1, 0.15) is 5.75 Å². The Bertz CT molecular complexity index is 720. The fourth-order valence-corrected chi connectivity index (χ4v) is 3.77. The molecule has 3 rings (SSSR count). The predicted octanol–water partition coefficient (Wildman–Crippen LogP) is 1.48. The summed E-state index contributed by atoms with van der Waals surface area (Å²) in [5.74, 6) is 0.725. The molecule has 0 aromatic heterocycles. The molecule has 1 atom stereocenters. The zero-order chi connectivity index (χ0) is 19.9. The maximum atomic E-state index is 12.6. The third kappa shape index (κ3) is 5.23. The molecule has 28 heavy (non-hydrogen) atoms. The van der Waals surface area contributed by atoms with E-state index in [4.69, 9.17) is 10.00 Å². The van der Waals surface area contributed by atoms with Crippen molar-refractivity contribution in [2.24, 2.45) is 0 Å². The highest BCUT2D eigenvalue weighted by atomic mass is 16.5. The van der Waals surface area contributed by atoms with Crippen molar-refractivity contribution < 1.29 is 14.3 Å². The van der Waals surface area contributed by atoms with Crippen LogP contribution in [0, 0.1) is 11.3 Å². The number of hydrogen-bond acceptors (Lipinski definition) is 5. The van der Waals surface area contributed by atoms with Gasteiger partial charge in [-0.3, -0.25) is 14.5 Å². The molecule has 1 aromatic rings. The van der Waals surface area contributed by atoms with Crippen LogP contribution in [-0.4, -0.2) is 78.4 Å². The van der Waals surface area contributed by atoms with Gasteiger partial charge in [-0.1, -0.05) is 0 Å². The van der Waals surface area contributed by atoms with E-state index in [9.17, 15) is 9.59 Å². The van der Waals surface area contributed by atoms with Crippen LogP contribution in [0.15, 0.2) is 24.3 Å². The van der Waals surface area contributed by atoms with E-state index >= 15 is 0 Å². The summed E-state index contributed by atoms with van der Waals surface area (Å²) in [5, 5.41) is 8.80. The van der Waals surface area contributed by atoms with E-state index in [1.54, 1.807) is 29.2 Å². The topological polar surface area (TPSA) is 76.9 Å². The molecule has 2 fully saturated rings. The molecule has 2 aliphatic heterocycles. The number of nitrogens with zero attached hydrogens (tertiary/aromatic N) is 4. The number of hydrogen-bond donors (Lipinski definition) is 0. The molecule has 0 spiro atoms. The van der Waals surface area contributed by atoms with E-state index in [2.05, 4.69) is 11.8 Å². The second-order valence-corrected chi connectivity index (χ2v) is 7.51. The minimum Gasteiger partial charge on any atom is -0.484 e. The summed E-state index contributed by atoms with van der Waals surface area (Å²) < 4.78 is 5.53.